The maximum absolute atomic E-state index is 8.99. The molecule has 2 N–H and O–H groups in total. The number of hydrogen-bond acceptors (Lipinski definition) is 4. The number of ether oxygens (including phenoxy) is 1. The van der Waals surface area contributed by atoms with Crippen molar-refractivity contribution in [2.24, 2.45) is 0 Å². The van der Waals surface area contributed by atoms with E-state index in [9.17, 15) is 0 Å². The quantitative estimate of drug-likeness (QED) is 0.838. The molecule has 2 aromatic rings. The van der Waals surface area contributed by atoms with Gasteiger partial charge in [-0.3, -0.25) is 0 Å². The van der Waals surface area contributed by atoms with Crippen LogP contribution in [0.25, 0.3) is 0 Å². The molecule has 0 saturated carbocycles. The number of nitriles is 1. The first kappa shape index (κ1) is 11.0. The molecule has 0 radical (unpaired) electrons. The molecule has 0 bridgehead atoms. The third-order valence-electron chi connectivity index (χ3n) is 2.37. The van der Waals surface area contributed by atoms with Crippen LogP contribution in [0.5, 0.6) is 5.75 Å². The highest BCUT2D eigenvalue weighted by atomic mass is 16.5. The predicted octanol–water partition coefficient (Wildman–Crippen LogP) is 1.90. The van der Waals surface area contributed by atoms with Crippen molar-refractivity contribution in [1.29, 1.82) is 5.26 Å². The fourth-order valence-corrected chi connectivity index (χ4v) is 1.47. The second kappa shape index (κ2) is 5.03. The topological polar surface area (TPSA) is 73.7 Å². The molecule has 86 valence electrons. The largest absolute Gasteiger partial charge is 0.497 e. The van der Waals surface area contributed by atoms with Crippen LogP contribution in [0.15, 0.2) is 30.7 Å². The minimum absolute atomic E-state index is 0.585. The van der Waals surface area contributed by atoms with Gasteiger partial charge in [-0.05, 0) is 12.1 Å². The van der Waals surface area contributed by atoms with E-state index in [1.54, 1.807) is 37.8 Å². The standard InChI is InChI=1S/C12H12N4O/c1-17-11-3-2-9(5-13)12(4-11)15-7-10-6-14-8-16-10/h2-4,6,8,15H,7H2,1H3,(H,14,16). The van der Waals surface area contributed by atoms with Crippen LogP contribution in [0.1, 0.15) is 11.3 Å². The lowest BCUT2D eigenvalue weighted by Gasteiger charge is -2.08. The molecule has 0 unspecified atom stereocenters. The molecule has 5 heteroatoms. The average molecular weight is 228 g/mol. The van der Waals surface area contributed by atoms with E-state index in [2.05, 4.69) is 21.4 Å². The maximum atomic E-state index is 8.99. The highest BCUT2D eigenvalue weighted by Gasteiger charge is 2.04. The molecule has 1 aromatic carbocycles. The molecule has 0 amide bonds. The van der Waals surface area contributed by atoms with Gasteiger partial charge in [0, 0.05) is 12.3 Å². The van der Waals surface area contributed by atoms with Crippen LogP contribution < -0.4 is 10.1 Å². The van der Waals surface area contributed by atoms with Gasteiger partial charge in [-0.25, -0.2) is 4.98 Å². The van der Waals surface area contributed by atoms with E-state index in [-0.39, 0.29) is 0 Å². The maximum Gasteiger partial charge on any atom is 0.121 e. The molecule has 0 fully saturated rings. The molecule has 2 rings (SSSR count). The number of imidazole rings is 1. The second-order valence-electron chi connectivity index (χ2n) is 3.45. The lowest BCUT2D eigenvalue weighted by molar-refractivity contribution is 0.415. The number of H-pyrrole nitrogens is 1. The van der Waals surface area contributed by atoms with Crippen molar-refractivity contribution in [2.75, 3.05) is 12.4 Å². The van der Waals surface area contributed by atoms with Crippen molar-refractivity contribution >= 4 is 5.69 Å². The minimum Gasteiger partial charge on any atom is -0.497 e. The van der Waals surface area contributed by atoms with E-state index in [1.807, 2.05) is 0 Å². The Hall–Kier alpha value is -2.48. The van der Waals surface area contributed by atoms with E-state index in [0.717, 1.165) is 17.1 Å². The Balaban J connectivity index is 2.16. The normalized spacial score (nSPS) is 9.65. The van der Waals surface area contributed by atoms with Gasteiger partial charge in [0.15, 0.2) is 0 Å². The van der Waals surface area contributed by atoms with Crippen LogP contribution in [-0.4, -0.2) is 17.1 Å². The van der Waals surface area contributed by atoms with Gasteiger partial charge in [0.05, 0.1) is 36.9 Å². The summed E-state index contributed by atoms with van der Waals surface area (Å²) in [7, 11) is 1.60. The van der Waals surface area contributed by atoms with Gasteiger partial charge in [-0.2, -0.15) is 5.26 Å². The molecule has 5 nitrogen and oxygen atoms in total. The van der Waals surface area contributed by atoms with E-state index in [0.29, 0.717) is 12.1 Å². The predicted molar refractivity (Wildman–Crippen MR) is 63.6 cm³/mol. The summed E-state index contributed by atoms with van der Waals surface area (Å²) in [5.74, 6) is 0.719. The summed E-state index contributed by atoms with van der Waals surface area (Å²) in [6.07, 6.45) is 3.35. The van der Waals surface area contributed by atoms with E-state index in [4.69, 9.17) is 10.00 Å². The molecule has 0 aliphatic heterocycles. The summed E-state index contributed by atoms with van der Waals surface area (Å²) in [5, 5.41) is 12.2. The SMILES string of the molecule is COc1ccc(C#N)c(NCc2cnc[nH]2)c1. The van der Waals surface area contributed by atoms with Gasteiger partial charge in [0.1, 0.15) is 11.8 Å². The average Bonchev–Trinajstić information content (AvgIpc) is 2.89. The Bertz CT molecular complexity index is 528. The molecule has 0 atom stereocenters. The van der Waals surface area contributed by atoms with Crippen LogP contribution in [0, 0.1) is 11.3 Å². The van der Waals surface area contributed by atoms with Gasteiger partial charge in [0.2, 0.25) is 0 Å². The van der Waals surface area contributed by atoms with E-state index < -0.39 is 0 Å². The van der Waals surface area contributed by atoms with Crippen LogP contribution in [-0.2, 0) is 6.54 Å². The summed E-state index contributed by atoms with van der Waals surface area (Å²) in [6.45, 7) is 0.585. The molecular weight excluding hydrogens is 216 g/mol. The second-order valence-corrected chi connectivity index (χ2v) is 3.45. The van der Waals surface area contributed by atoms with Crippen LogP contribution in [0.4, 0.5) is 5.69 Å². The smallest absolute Gasteiger partial charge is 0.121 e. The Labute approximate surface area is 99.1 Å². The number of aromatic nitrogens is 2. The van der Waals surface area contributed by atoms with Crippen LogP contribution in [0.3, 0.4) is 0 Å². The first-order valence-corrected chi connectivity index (χ1v) is 5.12. The molecule has 0 aliphatic rings. The fraction of sp³-hybridized carbons (Fsp3) is 0.167. The number of benzene rings is 1. The number of methoxy groups -OCH3 is 1. The number of aromatic amines is 1. The molecule has 17 heavy (non-hydrogen) atoms. The lowest BCUT2D eigenvalue weighted by Crippen LogP contribution is -2.01. The van der Waals surface area contributed by atoms with Crippen molar-refractivity contribution < 1.29 is 4.74 Å². The first-order chi connectivity index (χ1) is 8.33. The van der Waals surface area contributed by atoms with Gasteiger partial charge >= 0.3 is 0 Å². The molecule has 1 aromatic heterocycles. The molecule has 0 spiro atoms. The summed E-state index contributed by atoms with van der Waals surface area (Å²) < 4.78 is 5.12. The van der Waals surface area contributed by atoms with Gasteiger partial charge in [-0.1, -0.05) is 0 Å². The Morgan fingerprint density at radius 1 is 1.53 bits per heavy atom. The summed E-state index contributed by atoms with van der Waals surface area (Å²) in [4.78, 5) is 6.91. The number of nitrogens with zero attached hydrogens (tertiary/aromatic N) is 2. The number of rotatable bonds is 4. The zero-order valence-corrected chi connectivity index (χ0v) is 9.40. The monoisotopic (exact) mass is 228 g/mol. The Kier molecular flexibility index (Phi) is 3.26. The third kappa shape index (κ3) is 2.55. The number of hydrogen-bond donors (Lipinski definition) is 2. The number of nitrogens with one attached hydrogen (secondary N) is 2. The van der Waals surface area contributed by atoms with Crippen molar-refractivity contribution in [3.63, 3.8) is 0 Å². The van der Waals surface area contributed by atoms with Gasteiger partial charge in [-0.15, -0.1) is 0 Å². The summed E-state index contributed by atoms with van der Waals surface area (Å²) in [6, 6.07) is 7.43. The third-order valence-corrected chi connectivity index (χ3v) is 2.37. The molecule has 0 aliphatic carbocycles. The van der Waals surface area contributed by atoms with E-state index >= 15 is 0 Å². The summed E-state index contributed by atoms with van der Waals surface area (Å²) in [5.41, 5.74) is 2.29. The van der Waals surface area contributed by atoms with Gasteiger partial charge < -0.3 is 15.0 Å². The highest BCUT2D eigenvalue weighted by Crippen LogP contribution is 2.22. The number of anilines is 1. The van der Waals surface area contributed by atoms with Crippen LogP contribution >= 0.6 is 0 Å². The van der Waals surface area contributed by atoms with Crippen molar-refractivity contribution in [3.05, 3.63) is 42.0 Å². The molecular formula is C12H12N4O. The van der Waals surface area contributed by atoms with Crippen molar-refractivity contribution in [2.45, 2.75) is 6.54 Å². The minimum atomic E-state index is 0.585. The summed E-state index contributed by atoms with van der Waals surface area (Å²) >= 11 is 0. The van der Waals surface area contributed by atoms with Crippen molar-refractivity contribution in [3.8, 4) is 11.8 Å². The fourth-order valence-electron chi connectivity index (χ4n) is 1.47. The zero-order chi connectivity index (χ0) is 12.1. The first-order valence-electron chi connectivity index (χ1n) is 5.12. The highest BCUT2D eigenvalue weighted by molar-refractivity contribution is 5.60. The molecule has 1 heterocycles. The lowest BCUT2D eigenvalue weighted by atomic mass is 10.2. The zero-order valence-electron chi connectivity index (χ0n) is 9.40. The Morgan fingerprint density at radius 3 is 3.06 bits per heavy atom. The molecule has 0 saturated heterocycles. The van der Waals surface area contributed by atoms with Gasteiger partial charge in [0.25, 0.3) is 0 Å². The van der Waals surface area contributed by atoms with Crippen LogP contribution in [0.2, 0.25) is 0 Å². The van der Waals surface area contributed by atoms with E-state index in [1.165, 1.54) is 0 Å². The van der Waals surface area contributed by atoms with Crippen molar-refractivity contribution in [1.82, 2.24) is 9.97 Å². The Morgan fingerprint density at radius 2 is 2.41 bits per heavy atom.